The van der Waals surface area contributed by atoms with Crippen LogP contribution in [0.25, 0.3) is 0 Å². The van der Waals surface area contributed by atoms with Crippen molar-refractivity contribution in [1.82, 2.24) is 10.4 Å². The Bertz CT molecular complexity index is 533. The predicted octanol–water partition coefficient (Wildman–Crippen LogP) is 1.78. The highest BCUT2D eigenvalue weighted by Gasteiger charge is 2.20. The van der Waals surface area contributed by atoms with E-state index in [-0.39, 0.29) is 5.82 Å². The van der Waals surface area contributed by atoms with Gasteiger partial charge in [-0.1, -0.05) is 24.3 Å². The summed E-state index contributed by atoms with van der Waals surface area (Å²) < 4.78 is 19.0. The van der Waals surface area contributed by atoms with Crippen LogP contribution in [-0.4, -0.2) is 12.1 Å². The molecule has 0 fully saturated rings. The zero-order valence-corrected chi connectivity index (χ0v) is 9.93. The van der Waals surface area contributed by atoms with Gasteiger partial charge >= 0.3 is 0 Å². The van der Waals surface area contributed by atoms with E-state index in [0.29, 0.717) is 17.0 Å². The molecule has 1 aromatic carbocycles. The van der Waals surface area contributed by atoms with Gasteiger partial charge in [0.25, 0.3) is 0 Å². The van der Waals surface area contributed by atoms with E-state index in [1.54, 1.807) is 36.5 Å². The molecule has 1 atom stereocenters. The van der Waals surface area contributed by atoms with Gasteiger partial charge in [0, 0.05) is 17.3 Å². The van der Waals surface area contributed by atoms with Gasteiger partial charge in [-0.15, -0.1) is 0 Å². The maximum Gasteiger partial charge on any atom is 0.218 e. The predicted molar refractivity (Wildman–Crippen MR) is 66.4 cm³/mol. The van der Waals surface area contributed by atoms with Crippen LogP contribution in [0.2, 0.25) is 0 Å². The highest BCUT2D eigenvalue weighted by molar-refractivity contribution is 5.37. The first-order valence-electron chi connectivity index (χ1n) is 5.47. The van der Waals surface area contributed by atoms with Crippen LogP contribution in [0.4, 0.5) is 4.39 Å². The number of methoxy groups -OCH3 is 1. The molecule has 0 aliphatic rings. The van der Waals surface area contributed by atoms with Crippen LogP contribution in [0.5, 0.6) is 5.88 Å². The van der Waals surface area contributed by atoms with Crippen molar-refractivity contribution in [3.63, 3.8) is 0 Å². The third-order valence-electron chi connectivity index (χ3n) is 2.69. The smallest absolute Gasteiger partial charge is 0.218 e. The molecule has 0 spiro atoms. The monoisotopic (exact) mass is 247 g/mol. The molecule has 0 saturated carbocycles. The Hall–Kier alpha value is -1.98. The molecule has 1 unspecified atom stereocenters. The Morgan fingerprint density at radius 3 is 2.61 bits per heavy atom. The summed E-state index contributed by atoms with van der Waals surface area (Å²) in [5.41, 5.74) is 3.73. The van der Waals surface area contributed by atoms with Crippen LogP contribution in [0, 0.1) is 5.82 Å². The number of hydrazine groups is 1. The summed E-state index contributed by atoms with van der Waals surface area (Å²) in [4.78, 5) is 4.08. The van der Waals surface area contributed by atoms with Gasteiger partial charge in [0.15, 0.2) is 0 Å². The number of hydrogen-bond acceptors (Lipinski definition) is 4. The first-order chi connectivity index (χ1) is 8.77. The van der Waals surface area contributed by atoms with Crippen molar-refractivity contribution < 1.29 is 9.13 Å². The molecular weight excluding hydrogens is 233 g/mol. The first kappa shape index (κ1) is 12.5. The van der Waals surface area contributed by atoms with E-state index in [4.69, 9.17) is 10.6 Å². The molecule has 1 aromatic heterocycles. The van der Waals surface area contributed by atoms with Crippen molar-refractivity contribution in [3.05, 3.63) is 59.5 Å². The van der Waals surface area contributed by atoms with Crippen LogP contribution in [0.1, 0.15) is 17.2 Å². The summed E-state index contributed by atoms with van der Waals surface area (Å²) in [7, 11) is 1.51. The van der Waals surface area contributed by atoms with E-state index < -0.39 is 6.04 Å². The minimum absolute atomic E-state index is 0.327. The second-order valence-corrected chi connectivity index (χ2v) is 3.72. The Morgan fingerprint density at radius 2 is 1.94 bits per heavy atom. The van der Waals surface area contributed by atoms with Gasteiger partial charge < -0.3 is 4.74 Å². The van der Waals surface area contributed by atoms with E-state index in [0.717, 1.165) is 0 Å². The largest absolute Gasteiger partial charge is 0.481 e. The normalized spacial score (nSPS) is 12.2. The second-order valence-electron chi connectivity index (χ2n) is 3.72. The van der Waals surface area contributed by atoms with Crippen LogP contribution in [0.15, 0.2) is 42.6 Å². The second kappa shape index (κ2) is 5.57. The maximum atomic E-state index is 13.8. The highest BCUT2D eigenvalue weighted by atomic mass is 19.1. The molecule has 1 heterocycles. The molecule has 5 heteroatoms. The number of benzene rings is 1. The fourth-order valence-electron chi connectivity index (χ4n) is 1.85. The van der Waals surface area contributed by atoms with Crippen LogP contribution < -0.4 is 16.0 Å². The summed E-state index contributed by atoms with van der Waals surface area (Å²) in [5.74, 6) is 5.62. The molecule has 0 aliphatic carbocycles. The lowest BCUT2D eigenvalue weighted by atomic mass is 10.00. The number of ether oxygens (including phenoxy) is 1. The van der Waals surface area contributed by atoms with Gasteiger partial charge in [0.1, 0.15) is 5.82 Å². The number of rotatable bonds is 4. The minimum Gasteiger partial charge on any atom is -0.481 e. The van der Waals surface area contributed by atoms with E-state index in [9.17, 15) is 4.39 Å². The van der Waals surface area contributed by atoms with Gasteiger partial charge in [-0.3, -0.25) is 5.84 Å². The van der Waals surface area contributed by atoms with Crippen molar-refractivity contribution >= 4 is 0 Å². The van der Waals surface area contributed by atoms with Crippen LogP contribution in [-0.2, 0) is 0 Å². The van der Waals surface area contributed by atoms with Crippen molar-refractivity contribution in [2.45, 2.75) is 6.04 Å². The zero-order chi connectivity index (χ0) is 13.0. The molecule has 0 aliphatic heterocycles. The number of nitrogens with zero attached hydrogens (tertiary/aromatic N) is 1. The highest BCUT2D eigenvalue weighted by Crippen LogP contribution is 2.28. The average molecular weight is 247 g/mol. The molecule has 0 saturated heterocycles. The van der Waals surface area contributed by atoms with Gasteiger partial charge in [-0.25, -0.2) is 14.8 Å². The van der Waals surface area contributed by atoms with Gasteiger partial charge in [0.05, 0.1) is 13.2 Å². The van der Waals surface area contributed by atoms with Gasteiger partial charge in [-0.2, -0.15) is 0 Å². The molecule has 18 heavy (non-hydrogen) atoms. The SMILES string of the molecule is COc1ncccc1C(NN)c1ccccc1F. The molecule has 2 aromatic rings. The number of pyridine rings is 1. The number of aromatic nitrogens is 1. The number of hydrogen-bond donors (Lipinski definition) is 2. The topological polar surface area (TPSA) is 60.2 Å². The van der Waals surface area contributed by atoms with Crippen LogP contribution >= 0.6 is 0 Å². The lowest BCUT2D eigenvalue weighted by Crippen LogP contribution is -2.30. The molecule has 0 amide bonds. The van der Waals surface area contributed by atoms with E-state index >= 15 is 0 Å². The number of nitrogens with two attached hydrogens (primary N) is 1. The van der Waals surface area contributed by atoms with E-state index in [1.165, 1.54) is 13.2 Å². The molecule has 4 nitrogen and oxygen atoms in total. The van der Waals surface area contributed by atoms with E-state index in [1.807, 2.05) is 0 Å². The van der Waals surface area contributed by atoms with E-state index in [2.05, 4.69) is 10.4 Å². The quantitative estimate of drug-likeness (QED) is 0.638. The molecule has 94 valence electrons. The lowest BCUT2D eigenvalue weighted by Gasteiger charge is -2.19. The summed E-state index contributed by atoms with van der Waals surface area (Å²) in [6, 6.07) is 9.49. The fraction of sp³-hybridized carbons (Fsp3) is 0.154. The minimum atomic E-state index is -0.505. The summed E-state index contributed by atoms with van der Waals surface area (Å²) >= 11 is 0. The standard InChI is InChI=1S/C13H14FN3O/c1-18-13-10(6-4-8-16-13)12(17-15)9-5-2-3-7-11(9)14/h2-8,12,17H,15H2,1H3. The van der Waals surface area contributed by atoms with Crippen LogP contribution in [0.3, 0.4) is 0 Å². The van der Waals surface area contributed by atoms with Crippen molar-refractivity contribution in [3.8, 4) is 5.88 Å². The van der Waals surface area contributed by atoms with Crippen molar-refractivity contribution in [2.24, 2.45) is 5.84 Å². The fourth-order valence-corrected chi connectivity index (χ4v) is 1.85. The summed E-state index contributed by atoms with van der Waals surface area (Å²) in [6.07, 6.45) is 1.61. The Labute approximate surface area is 105 Å². The Morgan fingerprint density at radius 1 is 1.22 bits per heavy atom. The van der Waals surface area contributed by atoms with Crippen molar-refractivity contribution in [2.75, 3.05) is 7.11 Å². The molecule has 0 bridgehead atoms. The third kappa shape index (κ3) is 2.32. The van der Waals surface area contributed by atoms with Gasteiger partial charge in [-0.05, 0) is 12.1 Å². The zero-order valence-electron chi connectivity index (χ0n) is 9.93. The molecule has 3 N–H and O–H groups in total. The third-order valence-corrected chi connectivity index (χ3v) is 2.69. The number of halogens is 1. The number of nitrogens with one attached hydrogen (secondary N) is 1. The average Bonchev–Trinajstić information content (AvgIpc) is 2.42. The van der Waals surface area contributed by atoms with Crippen molar-refractivity contribution in [1.29, 1.82) is 0 Å². The van der Waals surface area contributed by atoms with Gasteiger partial charge in [0.2, 0.25) is 5.88 Å². The molecular formula is C13H14FN3O. The Kier molecular flexibility index (Phi) is 3.86. The maximum absolute atomic E-state index is 13.8. The Balaban J connectivity index is 2.49. The summed E-state index contributed by atoms with van der Waals surface area (Å²) in [6.45, 7) is 0. The molecule has 2 rings (SSSR count). The lowest BCUT2D eigenvalue weighted by molar-refractivity contribution is 0.386. The molecule has 0 radical (unpaired) electrons. The first-order valence-corrected chi connectivity index (χ1v) is 5.47. The summed E-state index contributed by atoms with van der Waals surface area (Å²) in [5, 5.41) is 0.